The van der Waals surface area contributed by atoms with Crippen LogP contribution in [0.2, 0.25) is 0 Å². The summed E-state index contributed by atoms with van der Waals surface area (Å²) < 4.78 is 107. The zero-order valence-electron chi connectivity index (χ0n) is 45.3. The summed E-state index contributed by atoms with van der Waals surface area (Å²) in [7, 11) is -8.53. The van der Waals surface area contributed by atoms with Crippen molar-refractivity contribution in [1.29, 1.82) is 0 Å². The van der Waals surface area contributed by atoms with Crippen molar-refractivity contribution < 1.29 is 132 Å². The molecule has 0 saturated carbocycles. The van der Waals surface area contributed by atoms with Crippen LogP contribution >= 0.6 is 11.8 Å². The molecule has 0 aromatic rings. The molecule has 2 rings (SSSR count). The van der Waals surface area contributed by atoms with Crippen LogP contribution in [0.15, 0.2) is 20.1 Å². The highest BCUT2D eigenvalue weighted by Gasteiger charge is 2.44. The maximum atomic E-state index is 13.2. The van der Waals surface area contributed by atoms with Gasteiger partial charge in [0.15, 0.2) is 77.0 Å². The zero-order valence-corrected chi connectivity index (χ0v) is 47.7. The van der Waals surface area contributed by atoms with Crippen LogP contribution in [-0.4, -0.2) is 185 Å². The highest BCUT2D eigenvalue weighted by atomic mass is 32.3. The fourth-order valence-electron chi connectivity index (χ4n) is 5.93. The molecule has 0 bridgehead atoms. The van der Waals surface area contributed by atoms with Gasteiger partial charge in [0.1, 0.15) is 14.6 Å². The van der Waals surface area contributed by atoms with E-state index in [-0.39, 0.29) is 10.7 Å². The molecule has 0 aliphatic carbocycles. The number of rotatable bonds is 27. The third-order valence-corrected chi connectivity index (χ3v) is 16.4. The van der Waals surface area contributed by atoms with Crippen molar-refractivity contribution in [3.63, 3.8) is 0 Å². The average Bonchev–Trinajstić information content (AvgIpc) is 3.63. The lowest BCUT2D eigenvalue weighted by Gasteiger charge is -2.23. The lowest BCUT2D eigenvalue weighted by molar-refractivity contribution is -0.190. The number of amides is 1. The summed E-state index contributed by atoms with van der Waals surface area (Å²) in [6.07, 6.45) is -19.0. The van der Waals surface area contributed by atoms with Crippen LogP contribution in [0.4, 0.5) is 0 Å². The standard InChI is InChI=1S/C46H64N2O28S3/c1-15-47-32-17-33(77-46-31(32)16-18(2)78(46,62)63)79(64,65)48-34(50)20(4)66-36(52)22(6)68-38(54)24(8)70-40(56)26(10)72-42(58)28(12)74-44(60)30(14)76-45(61)29(13)75-43(59)27(11)73-41(57)25(9)71-39(55)23(7)69-37(53)21(5)67-35(51)19(3)49/h17-30,32,47,49H,15-16H2,1-14H3,(H,48,50)/t18-,19-,20-,21-,22-,23-,24-,25-,26-,27-,28-,29-,30-,32-/m0/s1. The van der Waals surface area contributed by atoms with Gasteiger partial charge in [-0.3, -0.25) is 4.79 Å². The van der Waals surface area contributed by atoms with E-state index in [0.29, 0.717) is 23.9 Å². The van der Waals surface area contributed by atoms with E-state index in [0.717, 1.165) is 83.1 Å². The van der Waals surface area contributed by atoms with E-state index in [9.17, 15) is 79.5 Å². The molecule has 14 atom stereocenters. The molecule has 0 saturated heterocycles. The highest BCUT2D eigenvalue weighted by Crippen LogP contribution is 2.48. The Morgan fingerprint density at radius 1 is 0.506 bits per heavy atom. The Balaban J connectivity index is 1.81. The number of likely N-dealkylation sites (N-methyl/N-ethyl adjacent to an activating group) is 1. The quantitative estimate of drug-likeness (QED) is 0.0659. The maximum Gasteiger partial charge on any atom is 0.347 e. The molecule has 79 heavy (non-hydrogen) atoms. The van der Waals surface area contributed by atoms with Crippen LogP contribution in [0.25, 0.3) is 0 Å². The topological polar surface area (TPSA) is 419 Å². The minimum Gasteiger partial charge on any atom is -0.450 e. The molecule has 0 unspecified atom stereocenters. The van der Waals surface area contributed by atoms with Gasteiger partial charge in [-0.25, -0.2) is 74.3 Å². The fourth-order valence-corrected chi connectivity index (χ4v) is 11.0. The number of aliphatic hydroxyl groups excluding tert-OH is 1. The summed E-state index contributed by atoms with van der Waals surface area (Å²) in [6, 6.07) is -0.754. The second-order valence-corrected chi connectivity index (χ2v) is 23.0. The Bertz CT molecular complexity index is 2670. The van der Waals surface area contributed by atoms with Crippen LogP contribution < -0.4 is 10.0 Å². The van der Waals surface area contributed by atoms with Gasteiger partial charge < -0.3 is 62.5 Å². The number of sulfone groups is 1. The van der Waals surface area contributed by atoms with Gasteiger partial charge in [0.05, 0.1) is 11.3 Å². The summed E-state index contributed by atoms with van der Waals surface area (Å²) >= 11 is 0.465. The number of hydrogen-bond donors (Lipinski definition) is 3. The van der Waals surface area contributed by atoms with Gasteiger partial charge in [0, 0.05) is 0 Å². The highest BCUT2D eigenvalue weighted by molar-refractivity contribution is 8.28. The number of carbonyl (C=O) groups excluding carboxylic acids is 12. The molecule has 3 N–H and O–H groups in total. The van der Waals surface area contributed by atoms with Gasteiger partial charge in [-0.2, -0.15) is 0 Å². The number of aliphatic hydroxyl groups is 1. The first-order chi connectivity index (χ1) is 36.4. The van der Waals surface area contributed by atoms with Crippen LogP contribution in [0.3, 0.4) is 0 Å². The summed E-state index contributed by atoms with van der Waals surface area (Å²) in [6.45, 7) is 16.0. The van der Waals surface area contributed by atoms with Gasteiger partial charge in [0.25, 0.3) is 15.9 Å². The minimum absolute atomic E-state index is 0.139. The number of thioether (sulfide) groups is 1. The van der Waals surface area contributed by atoms with Crippen molar-refractivity contribution in [2.24, 2.45) is 0 Å². The van der Waals surface area contributed by atoms with Gasteiger partial charge in [-0.15, -0.1) is 0 Å². The summed E-state index contributed by atoms with van der Waals surface area (Å²) in [5, 5.41) is 11.4. The zero-order chi connectivity index (χ0) is 60.8. The Kier molecular flexibility index (Phi) is 25.5. The Hall–Kier alpha value is -6.71. The number of esters is 11. The Labute approximate surface area is 457 Å². The number of ether oxygens (including phenoxy) is 11. The van der Waals surface area contributed by atoms with Gasteiger partial charge in [0.2, 0.25) is 0 Å². The number of sulfonamides is 1. The second-order valence-electron chi connectivity index (χ2n) is 17.5. The van der Waals surface area contributed by atoms with Crippen molar-refractivity contribution in [3.05, 3.63) is 20.1 Å². The smallest absolute Gasteiger partial charge is 0.347 e. The molecule has 0 fully saturated rings. The molecule has 444 valence electrons. The molecule has 2 aliphatic rings. The first kappa shape index (κ1) is 68.4. The monoisotopic (exact) mass is 1190 g/mol. The van der Waals surface area contributed by atoms with E-state index >= 15 is 0 Å². The summed E-state index contributed by atoms with van der Waals surface area (Å²) in [5.41, 5.74) is 0.491. The predicted octanol–water partition coefficient (Wildman–Crippen LogP) is -0.953. The van der Waals surface area contributed by atoms with Crippen LogP contribution in [0.5, 0.6) is 0 Å². The molecule has 0 spiro atoms. The number of carbonyl (C=O) groups is 12. The van der Waals surface area contributed by atoms with E-state index in [1.165, 1.54) is 13.0 Å². The number of nitrogens with one attached hydrogen (secondary N) is 2. The van der Waals surface area contributed by atoms with Crippen molar-refractivity contribution in [2.45, 2.75) is 188 Å². The summed E-state index contributed by atoms with van der Waals surface area (Å²) in [4.78, 5) is 150. The molecule has 1 amide bonds. The SMILES string of the molecule is CCN[C@H]1C=C(S(=O)(=O)NC(=O)[C@H](C)OC(=O)[C@H](C)OC(=O)[C@H](C)OC(=O)[C@H](C)OC(=O)[C@H](C)OC(=O)[C@H](C)OC(=O)[C@H](C)OC(=O)[C@H](C)OC(=O)[C@H](C)OC(=O)[C@H](C)OC(=O)[C@H](C)OC(=O)[C@H](C)O)SC2=C1C[C@H](C)S2(=O)=O. The maximum absolute atomic E-state index is 13.2. The fraction of sp³-hybridized carbons (Fsp3) is 0.652. The van der Waals surface area contributed by atoms with E-state index in [4.69, 9.17) is 47.4 Å². The van der Waals surface area contributed by atoms with E-state index in [1.807, 2.05) is 0 Å². The lowest BCUT2D eigenvalue weighted by Crippen LogP contribution is -2.42. The third-order valence-electron chi connectivity index (χ3n) is 10.6. The minimum atomic E-state index is -4.69. The largest absolute Gasteiger partial charge is 0.450 e. The predicted molar refractivity (Wildman–Crippen MR) is 263 cm³/mol. The molecule has 33 heteroatoms. The Morgan fingerprint density at radius 2 is 0.759 bits per heavy atom. The first-order valence-corrected chi connectivity index (χ1v) is 27.8. The van der Waals surface area contributed by atoms with Gasteiger partial charge in [-0.05, 0) is 115 Å². The van der Waals surface area contributed by atoms with Crippen LogP contribution in [-0.2, 0) is 130 Å². The van der Waals surface area contributed by atoms with Crippen LogP contribution in [0, 0.1) is 0 Å². The van der Waals surface area contributed by atoms with E-state index in [2.05, 4.69) is 10.1 Å². The molecular formula is C46H64N2O28S3. The number of hydrogen-bond acceptors (Lipinski definition) is 30. The molecule has 2 heterocycles. The van der Waals surface area contributed by atoms with Gasteiger partial charge in [-0.1, -0.05) is 18.7 Å². The van der Waals surface area contributed by atoms with Gasteiger partial charge >= 0.3 is 65.7 Å². The van der Waals surface area contributed by atoms with Crippen molar-refractivity contribution in [2.75, 3.05) is 6.54 Å². The lowest BCUT2D eigenvalue weighted by atomic mass is 10.0. The second kappa shape index (κ2) is 29.5. The third kappa shape index (κ3) is 19.9. The van der Waals surface area contributed by atoms with Crippen molar-refractivity contribution in [3.8, 4) is 0 Å². The molecule has 2 aliphatic heterocycles. The van der Waals surface area contributed by atoms with Crippen molar-refractivity contribution >= 4 is 103 Å². The van der Waals surface area contributed by atoms with Crippen LogP contribution in [0.1, 0.15) is 103 Å². The molecular weight excluding hydrogens is 1120 g/mol. The average molecular weight is 1190 g/mol. The molecule has 0 radical (unpaired) electrons. The molecule has 0 aromatic carbocycles. The normalized spacial score (nSPS) is 20.2. The van der Waals surface area contributed by atoms with E-state index in [1.54, 1.807) is 11.6 Å². The Morgan fingerprint density at radius 3 is 1.01 bits per heavy atom. The first-order valence-electron chi connectivity index (χ1n) is 24.0. The summed E-state index contributed by atoms with van der Waals surface area (Å²) in [5.74, 6) is -15.5. The molecule has 30 nitrogen and oxygen atoms in total. The van der Waals surface area contributed by atoms with Crippen molar-refractivity contribution in [1.82, 2.24) is 10.0 Å². The van der Waals surface area contributed by atoms with E-state index < -0.39 is 180 Å². The molecule has 0 aromatic heterocycles.